The topological polar surface area (TPSA) is 92.3 Å². The molecular formula is C22H37NO7. The van der Waals surface area contributed by atoms with Crippen molar-refractivity contribution in [3.05, 3.63) is 0 Å². The molecule has 0 spiro atoms. The summed E-state index contributed by atoms with van der Waals surface area (Å²) in [5.74, 6) is 6.16. The van der Waals surface area contributed by atoms with E-state index >= 15 is 0 Å². The Labute approximate surface area is 180 Å². The highest BCUT2D eigenvalue weighted by molar-refractivity contribution is 5.77. The summed E-state index contributed by atoms with van der Waals surface area (Å²) in [7, 11) is 0. The van der Waals surface area contributed by atoms with Gasteiger partial charge in [0, 0.05) is 19.4 Å². The van der Waals surface area contributed by atoms with Crippen molar-refractivity contribution >= 4 is 11.7 Å². The van der Waals surface area contributed by atoms with Crippen LogP contribution in [0.1, 0.15) is 45.4 Å². The van der Waals surface area contributed by atoms with E-state index in [-0.39, 0.29) is 24.4 Å². The van der Waals surface area contributed by atoms with Crippen LogP contribution in [0.4, 0.5) is 0 Å². The van der Waals surface area contributed by atoms with E-state index < -0.39 is 0 Å². The highest BCUT2D eigenvalue weighted by atomic mass is 16.6. The lowest BCUT2D eigenvalue weighted by Crippen LogP contribution is -2.32. The second-order valence-electron chi connectivity index (χ2n) is 6.97. The highest BCUT2D eigenvalue weighted by Crippen LogP contribution is 2.10. The van der Waals surface area contributed by atoms with E-state index in [0.29, 0.717) is 65.8 Å². The van der Waals surface area contributed by atoms with Crippen LogP contribution in [0.2, 0.25) is 0 Å². The number of ether oxygens (including phenoxy) is 5. The maximum Gasteiger partial charge on any atom is 0.246 e. The van der Waals surface area contributed by atoms with Crippen LogP contribution in [0.25, 0.3) is 0 Å². The minimum atomic E-state index is -0.152. The summed E-state index contributed by atoms with van der Waals surface area (Å²) in [6.45, 7) is 5.72. The van der Waals surface area contributed by atoms with Crippen molar-refractivity contribution in [3.63, 3.8) is 0 Å². The van der Waals surface area contributed by atoms with Crippen LogP contribution in [-0.4, -0.2) is 83.8 Å². The van der Waals surface area contributed by atoms with Gasteiger partial charge in [0.15, 0.2) is 0 Å². The zero-order valence-corrected chi connectivity index (χ0v) is 18.2. The van der Waals surface area contributed by atoms with Gasteiger partial charge in [-0.2, -0.15) is 0 Å². The predicted octanol–water partition coefficient (Wildman–Crippen LogP) is 1.50. The standard InChI is InChI=1S/C22H37NO7/c1-20(24)9-11-26-13-15-28-17-18-29-16-14-27-12-10-23-22(25)19-30-21-7-5-3-2-4-6-8-21/h21H,2-5,7,9-19H2,1H3,(H,23,25). The number of amides is 1. The zero-order valence-electron chi connectivity index (χ0n) is 18.2. The molecule has 1 atom stereocenters. The van der Waals surface area contributed by atoms with Gasteiger partial charge in [-0.15, -0.1) is 5.92 Å². The summed E-state index contributed by atoms with van der Waals surface area (Å²) in [5.41, 5.74) is 0. The fourth-order valence-corrected chi connectivity index (χ4v) is 2.57. The van der Waals surface area contributed by atoms with Crippen molar-refractivity contribution in [3.8, 4) is 11.8 Å². The molecule has 8 heteroatoms. The average molecular weight is 428 g/mol. The molecule has 0 bridgehead atoms. The van der Waals surface area contributed by atoms with E-state index in [0.717, 1.165) is 25.7 Å². The Kier molecular flexibility index (Phi) is 17.2. The van der Waals surface area contributed by atoms with Crippen molar-refractivity contribution in [1.82, 2.24) is 5.32 Å². The van der Waals surface area contributed by atoms with Gasteiger partial charge in [0.05, 0.1) is 52.9 Å². The molecule has 0 saturated carbocycles. The van der Waals surface area contributed by atoms with Crippen LogP contribution in [0.5, 0.6) is 0 Å². The molecule has 0 aromatic carbocycles. The zero-order chi connectivity index (χ0) is 21.7. The number of hydrogen-bond acceptors (Lipinski definition) is 7. The molecule has 1 amide bonds. The number of carbonyl (C=O) groups excluding carboxylic acids is 2. The first-order valence-corrected chi connectivity index (χ1v) is 10.9. The third kappa shape index (κ3) is 17.4. The van der Waals surface area contributed by atoms with Crippen LogP contribution >= 0.6 is 0 Å². The molecule has 1 rings (SSSR count). The van der Waals surface area contributed by atoms with Crippen LogP contribution in [0.15, 0.2) is 0 Å². The number of Topliss-reactive ketones (excluding diaryl/α,β-unsaturated/α-hetero) is 1. The maximum atomic E-state index is 11.8. The van der Waals surface area contributed by atoms with E-state index in [1.165, 1.54) is 6.42 Å². The summed E-state index contributed by atoms with van der Waals surface area (Å²) in [4.78, 5) is 22.5. The predicted molar refractivity (Wildman–Crippen MR) is 112 cm³/mol. The van der Waals surface area contributed by atoms with Gasteiger partial charge >= 0.3 is 0 Å². The quantitative estimate of drug-likeness (QED) is 0.262. The van der Waals surface area contributed by atoms with Crippen molar-refractivity contribution < 1.29 is 33.3 Å². The van der Waals surface area contributed by atoms with Gasteiger partial charge < -0.3 is 29.0 Å². The first-order chi connectivity index (χ1) is 14.7. The summed E-state index contributed by atoms with van der Waals surface area (Å²) >= 11 is 0. The molecule has 30 heavy (non-hydrogen) atoms. The van der Waals surface area contributed by atoms with Crippen LogP contribution < -0.4 is 5.32 Å². The number of hydrogen-bond donors (Lipinski definition) is 1. The number of carbonyl (C=O) groups is 2. The largest absolute Gasteiger partial charge is 0.379 e. The molecule has 0 radical (unpaired) electrons. The second-order valence-corrected chi connectivity index (χ2v) is 6.97. The van der Waals surface area contributed by atoms with Gasteiger partial charge in [-0.1, -0.05) is 12.3 Å². The van der Waals surface area contributed by atoms with E-state index in [1.54, 1.807) is 6.92 Å². The number of ketones is 1. The fourth-order valence-electron chi connectivity index (χ4n) is 2.57. The molecule has 1 N–H and O–H groups in total. The smallest absolute Gasteiger partial charge is 0.246 e. The number of rotatable bonds is 18. The Morgan fingerprint density at radius 2 is 1.50 bits per heavy atom. The molecule has 0 heterocycles. The van der Waals surface area contributed by atoms with E-state index in [2.05, 4.69) is 17.2 Å². The number of nitrogens with one attached hydrogen (secondary N) is 1. The Morgan fingerprint density at radius 3 is 2.17 bits per heavy atom. The van der Waals surface area contributed by atoms with Crippen LogP contribution in [0.3, 0.4) is 0 Å². The first-order valence-electron chi connectivity index (χ1n) is 10.9. The fraction of sp³-hybridized carbons (Fsp3) is 0.818. The van der Waals surface area contributed by atoms with Gasteiger partial charge in [0.25, 0.3) is 0 Å². The highest BCUT2D eigenvalue weighted by Gasteiger charge is 2.10. The molecule has 0 aromatic heterocycles. The SMILES string of the molecule is CC(=O)CCOCCOCCOCCOCCNC(=O)COC1C#CCCCCC1. The van der Waals surface area contributed by atoms with Crippen molar-refractivity contribution in [2.75, 3.05) is 66.0 Å². The molecule has 1 aliphatic rings. The van der Waals surface area contributed by atoms with Gasteiger partial charge in [-0.25, -0.2) is 0 Å². The molecule has 1 aliphatic carbocycles. The summed E-state index contributed by atoms with van der Waals surface area (Å²) in [5, 5.41) is 2.77. The first kappa shape index (κ1) is 26.5. The lowest BCUT2D eigenvalue weighted by molar-refractivity contribution is -0.127. The monoisotopic (exact) mass is 427 g/mol. The molecule has 0 aromatic rings. The van der Waals surface area contributed by atoms with Gasteiger partial charge in [-0.3, -0.25) is 9.59 Å². The Bertz CT molecular complexity index is 515. The van der Waals surface area contributed by atoms with E-state index in [1.807, 2.05) is 0 Å². The molecule has 172 valence electrons. The molecule has 8 nitrogen and oxygen atoms in total. The van der Waals surface area contributed by atoms with Crippen LogP contribution in [-0.2, 0) is 33.3 Å². The molecule has 0 aliphatic heterocycles. The van der Waals surface area contributed by atoms with Crippen LogP contribution in [0, 0.1) is 11.8 Å². The molecule has 0 saturated heterocycles. The average Bonchev–Trinajstić information content (AvgIpc) is 2.69. The second kappa shape index (κ2) is 19.5. The van der Waals surface area contributed by atoms with Crippen molar-refractivity contribution in [2.24, 2.45) is 0 Å². The van der Waals surface area contributed by atoms with Gasteiger partial charge in [0.1, 0.15) is 18.5 Å². The summed E-state index contributed by atoms with van der Waals surface area (Å²) < 4.78 is 27.0. The minimum Gasteiger partial charge on any atom is -0.379 e. The summed E-state index contributed by atoms with van der Waals surface area (Å²) in [6, 6.07) is 0. The Hall–Kier alpha value is -1.50. The van der Waals surface area contributed by atoms with Gasteiger partial charge in [-0.05, 0) is 26.2 Å². The Balaban J connectivity index is 1.80. The molecule has 1 unspecified atom stereocenters. The maximum absolute atomic E-state index is 11.8. The molecular weight excluding hydrogens is 390 g/mol. The lowest BCUT2D eigenvalue weighted by Gasteiger charge is -2.13. The van der Waals surface area contributed by atoms with Gasteiger partial charge in [0.2, 0.25) is 5.91 Å². The third-order valence-corrected chi connectivity index (χ3v) is 4.23. The lowest BCUT2D eigenvalue weighted by atomic mass is 10.1. The van der Waals surface area contributed by atoms with E-state index in [9.17, 15) is 9.59 Å². The summed E-state index contributed by atoms with van der Waals surface area (Å²) in [6.07, 6.45) is 5.54. The third-order valence-electron chi connectivity index (χ3n) is 4.23. The van der Waals surface area contributed by atoms with Crippen molar-refractivity contribution in [2.45, 2.75) is 51.6 Å². The molecule has 0 fully saturated rings. The van der Waals surface area contributed by atoms with Crippen molar-refractivity contribution in [1.29, 1.82) is 0 Å². The Morgan fingerprint density at radius 1 is 0.867 bits per heavy atom. The minimum absolute atomic E-state index is 0.0320. The van der Waals surface area contributed by atoms with E-state index in [4.69, 9.17) is 23.7 Å². The normalized spacial score (nSPS) is 16.2.